The zero-order valence-electron chi connectivity index (χ0n) is 11.1. The molecule has 0 spiro atoms. The number of halogens is 1. The third kappa shape index (κ3) is 4.56. The summed E-state index contributed by atoms with van der Waals surface area (Å²) in [7, 11) is 1.73. The SMILES string of the molecule is CCNC(=NC)NCc1ccc(F)cc1CSC. The maximum Gasteiger partial charge on any atom is 0.191 e. The van der Waals surface area contributed by atoms with Gasteiger partial charge in [-0.25, -0.2) is 4.39 Å². The first kappa shape index (κ1) is 14.8. The minimum atomic E-state index is -0.182. The predicted molar refractivity (Wildman–Crippen MR) is 77.5 cm³/mol. The van der Waals surface area contributed by atoms with Crippen LogP contribution >= 0.6 is 11.8 Å². The maximum absolute atomic E-state index is 13.2. The molecule has 0 aliphatic carbocycles. The molecule has 0 aliphatic rings. The van der Waals surface area contributed by atoms with Gasteiger partial charge in [0.2, 0.25) is 0 Å². The van der Waals surface area contributed by atoms with E-state index in [9.17, 15) is 4.39 Å². The number of rotatable bonds is 5. The zero-order valence-corrected chi connectivity index (χ0v) is 11.9. The van der Waals surface area contributed by atoms with Gasteiger partial charge in [0.05, 0.1) is 0 Å². The molecule has 3 nitrogen and oxygen atoms in total. The Labute approximate surface area is 112 Å². The fourth-order valence-electron chi connectivity index (χ4n) is 1.62. The number of hydrogen-bond acceptors (Lipinski definition) is 2. The minimum Gasteiger partial charge on any atom is -0.357 e. The van der Waals surface area contributed by atoms with Crippen LogP contribution in [0.5, 0.6) is 0 Å². The van der Waals surface area contributed by atoms with Gasteiger partial charge in [0.15, 0.2) is 5.96 Å². The summed E-state index contributed by atoms with van der Waals surface area (Å²) in [5, 5.41) is 6.34. The van der Waals surface area contributed by atoms with Crippen molar-refractivity contribution in [1.82, 2.24) is 10.6 Å². The second-order valence-corrected chi connectivity index (χ2v) is 4.67. The highest BCUT2D eigenvalue weighted by Gasteiger charge is 2.04. The Morgan fingerprint density at radius 2 is 2.11 bits per heavy atom. The van der Waals surface area contributed by atoms with Crippen molar-refractivity contribution in [3.05, 3.63) is 35.1 Å². The first-order valence-corrected chi connectivity index (χ1v) is 7.31. The molecule has 0 bridgehead atoms. The van der Waals surface area contributed by atoms with Crippen molar-refractivity contribution in [2.45, 2.75) is 19.2 Å². The summed E-state index contributed by atoms with van der Waals surface area (Å²) in [5.74, 6) is 1.39. The van der Waals surface area contributed by atoms with Crippen molar-refractivity contribution in [2.24, 2.45) is 4.99 Å². The Hall–Kier alpha value is -1.23. The second-order valence-electron chi connectivity index (χ2n) is 3.80. The van der Waals surface area contributed by atoms with Crippen molar-refractivity contribution >= 4 is 17.7 Å². The van der Waals surface area contributed by atoms with Gasteiger partial charge < -0.3 is 10.6 Å². The van der Waals surface area contributed by atoms with E-state index in [4.69, 9.17) is 0 Å². The van der Waals surface area contributed by atoms with Crippen molar-refractivity contribution in [3.63, 3.8) is 0 Å². The molecular formula is C13H20FN3S. The highest BCUT2D eigenvalue weighted by molar-refractivity contribution is 7.97. The molecule has 0 amide bonds. The highest BCUT2D eigenvalue weighted by atomic mass is 32.2. The number of nitrogens with one attached hydrogen (secondary N) is 2. The summed E-state index contributed by atoms with van der Waals surface area (Å²) in [6, 6.07) is 4.92. The van der Waals surface area contributed by atoms with E-state index in [2.05, 4.69) is 15.6 Å². The van der Waals surface area contributed by atoms with Gasteiger partial charge in [-0.2, -0.15) is 11.8 Å². The molecule has 0 saturated heterocycles. The van der Waals surface area contributed by atoms with Gasteiger partial charge in [0.25, 0.3) is 0 Å². The Bertz CT molecular complexity index is 407. The standard InChI is InChI=1S/C13H20FN3S/c1-4-16-13(15-2)17-8-10-5-6-12(14)7-11(10)9-18-3/h5-7H,4,8-9H2,1-3H3,(H2,15,16,17). The molecule has 0 radical (unpaired) electrons. The Morgan fingerprint density at radius 1 is 1.33 bits per heavy atom. The molecule has 18 heavy (non-hydrogen) atoms. The van der Waals surface area contributed by atoms with Gasteiger partial charge >= 0.3 is 0 Å². The van der Waals surface area contributed by atoms with E-state index in [0.29, 0.717) is 6.54 Å². The second kappa shape index (κ2) is 7.97. The highest BCUT2D eigenvalue weighted by Crippen LogP contribution is 2.16. The number of thioether (sulfide) groups is 1. The minimum absolute atomic E-state index is 0.182. The average Bonchev–Trinajstić information content (AvgIpc) is 2.36. The lowest BCUT2D eigenvalue weighted by atomic mass is 10.1. The zero-order chi connectivity index (χ0) is 13.4. The number of nitrogens with zero attached hydrogens (tertiary/aromatic N) is 1. The summed E-state index contributed by atoms with van der Waals surface area (Å²) in [4.78, 5) is 4.10. The number of benzene rings is 1. The summed E-state index contributed by atoms with van der Waals surface area (Å²) >= 11 is 1.69. The van der Waals surface area contributed by atoms with Crippen LogP contribution in [0.1, 0.15) is 18.1 Å². The normalized spacial score (nSPS) is 11.4. The molecule has 0 aliphatic heterocycles. The lowest BCUT2D eigenvalue weighted by Crippen LogP contribution is -2.36. The molecule has 0 heterocycles. The van der Waals surface area contributed by atoms with Gasteiger partial charge in [-0.1, -0.05) is 6.07 Å². The van der Waals surface area contributed by atoms with E-state index < -0.39 is 0 Å². The van der Waals surface area contributed by atoms with Crippen LogP contribution in [0.15, 0.2) is 23.2 Å². The molecule has 2 N–H and O–H groups in total. The fourth-order valence-corrected chi connectivity index (χ4v) is 2.20. The van der Waals surface area contributed by atoms with Crippen molar-refractivity contribution < 1.29 is 4.39 Å². The van der Waals surface area contributed by atoms with E-state index in [1.54, 1.807) is 24.9 Å². The molecule has 0 fully saturated rings. The molecular weight excluding hydrogens is 249 g/mol. The average molecular weight is 269 g/mol. The summed E-state index contributed by atoms with van der Waals surface area (Å²) in [5.41, 5.74) is 2.13. The molecule has 0 aromatic heterocycles. The quantitative estimate of drug-likeness (QED) is 0.636. The van der Waals surface area contributed by atoms with Crippen LogP contribution in [-0.4, -0.2) is 25.8 Å². The van der Waals surface area contributed by atoms with Gasteiger partial charge in [-0.15, -0.1) is 0 Å². The monoisotopic (exact) mass is 269 g/mol. The van der Waals surface area contributed by atoms with Crippen molar-refractivity contribution in [1.29, 1.82) is 0 Å². The molecule has 1 rings (SSSR count). The lowest BCUT2D eigenvalue weighted by molar-refractivity contribution is 0.625. The third-order valence-corrected chi connectivity index (χ3v) is 3.08. The molecule has 1 aromatic carbocycles. The Kier molecular flexibility index (Phi) is 6.57. The summed E-state index contributed by atoms with van der Waals surface area (Å²) < 4.78 is 13.2. The van der Waals surface area contributed by atoms with Crippen molar-refractivity contribution in [3.8, 4) is 0 Å². The lowest BCUT2D eigenvalue weighted by Gasteiger charge is -2.13. The van der Waals surface area contributed by atoms with E-state index >= 15 is 0 Å². The van der Waals surface area contributed by atoms with E-state index in [-0.39, 0.29) is 5.82 Å². The van der Waals surface area contributed by atoms with Gasteiger partial charge in [-0.3, -0.25) is 4.99 Å². The maximum atomic E-state index is 13.2. The van der Waals surface area contributed by atoms with Crippen LogP contribution < -0.4 is 10.6 Å². The van der Waals surface area contributed by atoms with Crippen LogP contribution in [0.2, 0.25) is 0 Å². The van der Waals surface area contributed by atoms with Crippen molar-refractivity contribution in [2.75, 3.05) is 19.8 Å². The van der Waals surface area contributed by atoms with E-state index in [1.807, 2.05) is 19.2 Å². The first-order valence-electron chi connectivity index (χ1n) is 5.92. The fraction of sp³-hybridized carbons (Fsp3) is 0.462. The number of aliphatic imine (C=N–C) groups is 1. The largest absolute Gasteiger partial charge is 0.357 e. The van der Waals surface area contributed by atoms with Crippen LogP contribution in [0.4, 0.5) is 4.39 Å². The molecule has 0 unspecified atom stereocenters. The molecule has 0 saturated carbocycles. The van der Waals surface area contributed by atoms with E-state index in [1.165, 1.54) is 6.07 Å². The molecule has 100 valence electrons. The Morgan fingerprint density at radius 3 is 2.72 bits per heavy atom. The van der Waals surface area contributed by atoms with Crippen LogP contribution in [0, 0.1) is 5.82 Å². The van der Waals surface area contributed by atoms with Gasteiger partial charge in [0.1, 0.15) is 5.82 Å². The molecule has 1 aromatic rings. The summed E-state index contributed by atoms with van der Waals surface area (Å²) in [6.45, 7) is 3.49. The summed E-state index contributed by atoms with van der Waals surface area (Å²) in [6.07, 6.45) is 2.01. The molecule has 0 atom stereocenters. The molecule has 5 heteroatoms. The van der Waals surface area contributed by atoms with Crippen LogP contribution in [-0.2, 0) is 12.3 Å². The topological polar surface area (TPSA) is 36.4 Å². The third-order valence-electron chi connectivity index (χ3n) is 2.48. The number of guanidine groups is 1. The predicted octanol–water partition coefficient (Wildman–Crippen LogP) is 2.37. The smallest absolute Gasteiger partial charge is 0.191 e. The van der Waals surface area contributed by atoms with Crippen LogP contribution in [0.3, 0.4) is 0 Å². The Balaban J connectivity index is 2.71. The van der Waals surface area contributed by atoms with Gasteiger partial charge in [-0.05, 0) is 36.4 Å². The first-order chi connectivity index (χ1) is 8.71. The number of hydrogen-bond donors (Lipinski definition) is 2. The van der Waals surface area contributed by atoms with Crippen LogP contribution in [0.25, 0.3) is 0 Å². The van der Waals surface area contributed by atoms with E-state index in [0.717, 1.165) is 29.4 Å². The van der Waals surface area contributed by atoms with Gasteiger partial charge in [0, 0.05) is 25.9 Å².